The van der Waals surface area contributed by atoms with Crippen molar-refractivity contribution in [2.45, 2.75) is 46.2 Å². The fourth-order valence-corrected chi connectivity index (χ4v) is 3.24. The molecule has 2 aromatic rings. The highest BCUT2D eigenvalue weighted by Crippen LogP contribution is 2.21. The number of benzene rings is 1. The van der Waals surface area contributed by atoms with Crippen LogP contribution in [0.1, 0.15) is 39.1 Å². The predicted octanol–water partition coefficient (Wildman–Crippen LogP) is 4.00. The molecule has 1 N–H and O–H groups in total. The quantitative estimate of drug-likeness (QED) is 0.779. The summed E-state index contributed by atoms with van der Waals surface area (Å²) in [7, 11) is 0. The summed E-state index contributed by atoms with van der Waals surface area (Å²) in [5.41, 5.74) is 1.18. The monoisotopic (exact) mass is 352 g/mol. The van der Waals surface area contributed by atoms with Crippen LogP contribution in [0.5, 0.6) is 0 Å². The molecule has 1 heterocycles. The lowest BCUT2D eigenvalue weighted by Gasteiger charge is -2.26. The molecule has 4 nitrogen and oxygen atoms in total. The second-order valence-corrected chi connectivity index (χ2v) is 7.36. The Hall–Kier alpha value is -1.17. The van der Waals surface area contributed by atoms with E-state index in [-0.39, 0.29) is 0 Å². The third-order valence-corrected chi connectivity index (χ3v) is 4.55. The first-order chi connectivity index (χ1) is 11.0. The van der Waals surface area contributed by atoms with Gasteiger partial charge in [0.2, 0.25) is 5.13 Å². The smallest absolute Gasteiger partial charge is 0.205 e. The lowest BCUT2D eigenvalue weighted by Crippen LogP contribution is -2.38. The first kappa shape index (κ1) is 18.2. The maximum atomic E-state index is 5.92. The summed E-state index contributed by atoms with van der Waals surface area (Å²) >= 11 is 7.40. The molecule has 1 aromatic carbocycles. The maximum Gasteiger partial charge on any atom is 0.205 e. The van der Waals surface area contributed by atoms with Gasteiger partial charge >= 0.3 is 0 Å². The van der Waals surface area contributed by atoms with E-state index < -0.39 is 0 Å². The molecule has 1 aromatic heterocycles. The second kappa shape index (κ2) is 8.62. The maximum absolute atomic E-state index is 5.92. The average Bonchev–Trinajstić information content (AvgIpc) is 2.93. The minimum Gasteiger partial charge on any atom is -0.343 e. The van der Waals surface area contributed by atoms with Gasteiger partial charge in [-0.3, -0.25) is 0 Å². The zero-order valence-corrected chi connectivity index (χ0v) is 15.8. The van der Waals surface area contributed by atoms with Gasteiger partial charge in [-0.25, -0.2) is 4.98 Å². The lowest BCUT2D eigenvalue weighted by atomic mass is 10.1. The van der Waals surface area contributed by atoms with E-state index in [1.54, 1.807) is 0 Å². The van der Waals surface area contributed by atoms with Crippen LogP contribution in [-0.2, 0) is 6.42 Å². The Bertz CT molecular complexity index is 595. The molecule has 0 atom stereocenters. The highest BCUT2D eigenvalue weighted by molar-refractivity contribution is 7.09. The van der Waals surface area contributed by atoms with Gasteiger partial charge in [0.25, 0.3) is 0 Å². The number of nitrogens with one attached hydrogen (secondary N) is 1. The van der Waals surface area contributed by atoms with Crippen LogP contribution in [0, 0.1) is 0 Å². The van der Waals surface area contributed by atoms with E-state index >= 15 is 0 Å². The molecular weight excluding hydrogens is 328 g/mol. The van der Waals surface area contributed by atoms with Crippen molar-refractivity contribution in [1.82, 2.24) is 14.7 Å². The SMILES string of the molecule is CC(C)NCCN(c1nc(Cc2ccc(Cl)cc2)ns1)C(C)C. The Labute approximate surface area is 148 Å². The standard InChI is InChI=1S/C17H25ClN4S/c1-12(2)19-9-10-22(13(3)4)17-20-16(21-23-17)11-14-5-7-15(18)8-6-14/h5-8,12-13,19H,9-11H2,1-4H3. The molecule has 0 bridgehead atoms. The van der Waals surface area contributed by atoms with E-state index in [1.165, 1.54) is 17.1 Å². The van der Waals surface area contributed by atoms with Crippen molar-refractivity contribution in [3.8, 4) is 0 Å². The third-order valence-electron chi connectivity index (χ3n) is 3.51. The van der Waals surface area contributed by atoms with Crippen LogP contribution in [0.15, 0.2) is 24.3 Å². The number of aromatic nitrogens is 2. The average molecular weight is 353 g/mol. The third kappa shape index (κ3) is 5.75. The van der Waals surface area contributed by atoms with Gasteiger partial charge in [0, 0.05) is 48.1 Å². The molecule has 0 saturated heterocycles. The van der Waals surface area contributed by atoms with Gasteiger partial charge in [0.05, 0.1) is 0 Å². The molecule has 2 rings (SSSR count). The summed E-state index contributed by atoms with van der Waals surface area (Å²) in [5, 5.41) is 5.20. The molecule has 23 heavy (non-hydrogen) atoms. The number of anilines is 1. The van der Waals surface area contributed by atoms with E-state index in [9.17, 15) is 0 Å². The molecule has 0 unspecified atom stereocenters. The Morgan fingerprint density at radius 3 is 2.48 bits per heavy atom. The van der Waals surface area contributed by atoms with Crippen LogP contribution in [0.3, 0.4) is 0 Å². The Balaban J connectivity index is 2.01. The van der Waals surface area contributed by atoms with E-state index in [0.29, 0.717) is 12.1 Å². The lowest BCUT2D eigenvalue weighted by molar-refractivity contribution is 0.564. The van der Waals surface area contributed by atoms with Crippen LogP contribution in [0.25, 0.3) is 0 Å². The first-order valence-electron chi connectivity index (χ1n) is 8.02. The Kier molecular flexibility index (Phi) is 6.81. The van der Waals surface area contributed by atoms with E-state index in [2.05, 4.69) is 42.3 Å². The van der Waals surface area contributed by atoms with Crippen LogP contribution >= 0.6 is 23.1 Å². The molecule has 0 fully saturated rings. The first-order valence-corrected chi connectivity index (χ1v) is 9.18. The van der Waals surface area contributed by atoms with Gasteiger partial charge in [-0.15, -0.1) is 0 Å². The minimum atomic E-state index is 0.403. The van der Waals surface area contributed by atoms with Gasteiger partial charge in [0.1, 0.15) is 5.82 Å². The van der Waals surface area contributed by atoms with Crippen LogP contribution in [0.4, 0.5) is 5.13 Å². The minimum absolute atomic E-state index is 0.403. The van der Waals surface area contributed by atoms with Crippen molar-refractivity contribution in [2.24, 2.45) is 0 Å². The molecular formula is C17H25ClN4S. The topological polar surface area (TPSA) is 41.0 Å². The Morgan fingerprint density at radius 1 is 1.17 bits per heavy atom. The van der Waals surface area contributed by atoms with Gasteiger partial charge in [-0.2, -0.15) is 4.37 Å². The molecule has 0 radical (unpaired) electrons. The summed E-state index contributed by atoms with van der Waals surface area (Å²) in [6, 6.07) is 8.76. The fraction of sp³-hybridized carbons (Fsp3) is 0.529. The number of rotatable bonds is 8. The number of hydrogen-bond donors (Lipinski definition) is 1. The summed E-state index contributed by atoms with van der Waals surface area (Å²) in [6.45, 7) is 10.6. The molecule has 0 aliphatic rings. The van der Waals surface area contributed by atoms with Crippen molar-refractivity contribution >= 4 is 28.3 Å². The number of halogens is 1. The molecule has 0 spiro atoms. The molecule has 0 aliphatic heterocycles. The zero-order chi connectivity index (χ0) is 16.8. The van der Waals surface area contributed by atoms with Crippen molar-refractivity contribution in [2.75, 3.05) is 18.0 Å². The predicted molar refractivity (Wildman–Crippen MR) is 99.8 cm³/mol. The van der Waals surface area contributed by atoms with E-state index in [4.69, 9.17) is 16.6 Å². The zero-order valence-electron chi connectivity index (χ0n) is 14.2. The van der Waals surface area contributed by atoms with Gasteiger partial charge in [-0.1, -0.05) is 37.6 Å². The normalized spacial score (nSPS) is 11.4. The Morgan fingerprint density at radius 2 is 1.87 bits per heavy atom. The van der Waals surface area contributed by atoms with Crippen LogP contribution in [-0.4, -0.2) is 34.5 Å². The summed E-state index contributed by atoms with van der Waals surface area (Å²) < 4.78 is 4.52. The molecule has 6 heteroatoms. The summed E-state index contributed by atoms with van der Waals surface area (Å²) in [6.07, 6.45) is 0.740. The highest BCUT2D eigenvalue weighted by Gasteiger charge is 2.15. The van der Waals surface area contributed by atoms with Gasteiger partial charge < -0.3 is 10.2 Å². The van der Waals surface area contributed by atoms with Crippen molar-refractivity contribution in [3.63, 3.8) is 0 Å². The number of hydrogen-bond acceptors (Lipinski definition) is 5. The number of nitrogens with zero attached hydrogens (tertiary/aromatic N) is 3. The van der Waals surface area contributed by atoms with Crippen molar-refractivity contribution in [1.29, 1.82) is 0 Å². The fourth-order valence-electron chi connectivity index (χ4n) is 2.27. The summed E-state index contributed by atoms with van der Waals surface area (Å²) in [5.74, 6) is 0.870. The van der Waals surface area contributed by atoms with Crippen LogP contribution < -0.4 is 10.2 Å². The van der Waals surface area contributed by atoms with E-state index in [0.717, 1.165) is 35.5 Å². The van der Waals surface area contributed by atoms with Gasteiger partial charge in [-0.05, 0) is 31.5 Å². The van der Waals surface area contributed by atoms with Gasteiger partial charge in [0.15, 0.2) is 0 Å². The summed E-state index contributed by atoms with van der Waals surface area (Å²) in [4.78, 5) is 7.02. The van der Waals surface area contributed by atoms with Crippen molar-refractivity contribution in [3.05, 3.63) is 40.7 Å². The molecule has 0 amide bonds. The molecule has 0 saturated carbocycles. The highest BCUT2D eigenvalue weighted by atomic mass is 35.5. The molecule has 126 valence electrons. The largest absolute Gasteiger partial charge is 0.343 e. The molecule has 0 aliphatic carbocycles. The second-order valence-electron chi connectivity index (χ2n) is 6.19. The van der Waals surface area contributed by atoms with Crippen LogP contribution in [0.2, 0.25) is 5.02 Å². The van der Waals surface area contributed by atoms with E-state index in [1.807, 2.05) is 24.3 Å². The van der Waals surface area contributed by atoms with Crippen molar-refractivity contribution < 1.29 is 0 Å².